The van der Waals surface area contributed by atoms with Crippen molar-refractivity contribution in [3.05, 3.63) is 24.2 Å². The van der Waals surface area contributed by atoms with Crippen LogP contribution in [0.25, 0.3) is 0 Å². The van der Waals surface area contributed by atoms with Crippen LogP contribution in [0.5, 0.6) is 0 Å². The van der Waals surface area contributed by atoms with Crippen LogP contribution in [0.2, 0.25) is 0 Å². The van der Waals surface area contributed by atoms with Gasteiger partial charge in [-0.15, -0.1) is 0 Å². The Labute approximate surface area is 153 Å². The van der Waals surface area contributed by atoms with E-state index in [1.807, 2.05) is 0 Å². The zero-order valence-electron chi connectivity index (χ0n) is 14.9. The molecule has 144 valence electrons. The monoisotopic (exact) mass is 383 g/mol. The van der Waals surface area contributed by atoms with E-state index in [2.05, 4.69) is 15.2 Å². The third-order valence-electron chi connectivity index (χ3n) is 4.66. The zero-order chi connectivity index (χ0) is 18.6. The number of furan rings is 1. The summed E-state index contributed by atoms with van der Waals surface area (Å²) >= 11 is 0. The Bertz CT molecular complexity index is 739. The molecule has 3 heterocycles. The highest BCUT2D eigenvalue weighted by Crippen LogP contribution is 2.12. The largest absolute Gasteiger partial charge is 0.459 e. The van der Waals surface area contributed by atoms with Crippen LogP contribution in [-0.4, -0.2) is 93.0 Å². The maximum Gasteiger partial charge on any atom is 0.289 e. The molecular formula is C16H25N5O4S. The smallest absolute Gasteiger partial charge is 0.289 e. The van der Waals surface area contributed by atoms with Crippen LogP contribution in [0, 0.1) is 0 Å². The number of hydrogen-bond donors (Lipinski definition) is 1. The molecule has 1 N–H and O–H groups in total. The average Bonchev–Trinajstić information content (AvgIpc) is 3.28. The Kier molecular flexibility index (Phi) is 5.82. The van der Waals surface area contributed by atoms with E-state index < -0.39 is 10.0 Å². The fourth-order valence-corrected chi connectivity index (χ4v) is 4.77. The minimum atomic E-state index is -3.07. The molecule has 26 heavy (non-hydrogen) atoms. The van der Waals surface area contributed by atoms with E-state index >= 15 is 0 Å². The Morgan fingerprint density at radius 3 is 2.54 bits per heavy atom. The number of amides is 1. The van der Waals surface area contributed by atoms with E-state index in [1.165, 1.54) is 10.6 Å². The van der Waals surface area contributed by atoms with E-state index in [4.69, 9.17) is 4.42 Å². The highest BCUT2D eigenvalue weighted by Gasteiger charge is 2.28. The number of piperazine rings is 1. The lowest BCUT2D eigenvalue weighted by molar-refractivity contribution is 0.0657. The predicted molar refractivity (Wildman–Crippen MR) is 97.5 cm³/mol. The molecule has 0 atom stereocenters. The van der Waals surface area contributed by atoms with Crippen molar-refractivity contribution in [1.82, 2.24) is 19.4 Å². The second-order valence-electron chi connectivity index (χ2n) is 6.30. The maximum absolute atomic E-state index is 12.3. The zero-order valence-corrected chi connectivity index (χ0v) is 15.7. The molecule has 0 aliphatic carbocycles. The predicted octanol–water partition coefficient (Wildman–Crippen LogP) is -0.352. The molecule has 0 saturated carbocycles. The molecule has 1 aromatic heterocycles. The first-order valence-electron chi connectivity index (χ1n) is 8.77. The third-order valence-corrected chi connectivity index (χ3v) is 6.61. The highest BCUT2D eigenvalue weighted by atomic mass is 32.2. The number of carbonyl (C=O) groups is 1. The van der Waals surface area contributed by atoms with Gasteiger partial charge in [-0.2, -0.15) is 0 Å². The van der Waals surface area contributed by atoms with Crippen molar-refractivity contribution in [1.29, 1.82) is 0 Å². The van der Waals surface area contributed by atoms with Crippen LogP contribution in [0.3, 0.4) is 0 Å². The average molecular weight is 383 g/mol. The van der Waals surface area contributed by atoms with Crippen molar-refractivity contribution in [2.45, 2.75) is 6.42 Å². The molecule has 2 aliphatic heterocycles. The van der Waals surface area contributed by atoms with Gasteiger partial charge in [0.25, 0.3) is 5.91 Å². The number of nitrogens with zero attached hydrogens (tertiary/aromatic N) is 4. The molecule has 0 unspecified atom stereocenters. The first-order chi connectivity index (χ1) is 12.5. The minimum absolute atomic E-state index is 0.100. The number of nitrogens with one attached hydrogen (secondary N) is 1. The highest BCUT2D eigenvalue weighted by molar-refractivity contribution is 7.89. The van der Waals surface area contributed by atoms with Crippen molar-refractivity contribution in [3.63, 3.8) is 0 Å². The van der Waals surface area contributed by atoms with Gasteiger partial charge in [-0.1, -0.05) is 0 Å². The first-order valence-corrected chi connectivity index (χ1v) is 10.4. The molecule has 1 aromatic rings. The Morgan fingerprint density at radius 2 is 1.96 bits per heavy atom. The fraction of sp³-hybridized carbons (Fsp3) is 0.625. The molecule has 0 aromatic carbocycles. The first kappa shape index (κ1) is 18.7. The van der Waals surface area contributed by atoms with Crippen molar-refractivity contribution < 1.29 is 17.6 Å². The SMILES string of the molecule is CN=C(NCCN1CCCS1(=O)=O)N1CCN(C(=O)c2ccco2)CC1. The summed E-state index contributed by atoms with van der Waals surface area (Å²) in [4.78, 5) is 20.4. The number of hydrogen-bond acceptors (Lipinski definition) is 5. The lowest BCUT2D eigenvalue weighted by Crippen LogP contribution is -2.54. The summed E-state index contributed by atoms with van der Waals surface area (Å²) in [6.45, 7) is 4.04. The van der Waals surface area contributed by atoms with Gasteiger partial charge in [0.05, 0.1) is 12.0 Å². The Morgan fingerprint density at radius 1 is 1.23 bits per heavy atom. The van der Waals surface area contributed by atoms with Crippen molar-refractivity contribution in [2.24, 2.45) is 4.99 Å². The second-order valence-corrected chi connectivity index (χ2v) is 8.39. The van der Waals surface area contributed by atoms with E-state index in [1.54, 1.807) is 24.1 Å². The summed E-state index contributed by atoms with van der Waals surface area (Å²) in [6.07, 6.45) is 2.19. The van der Waals surface area contributed by atoms with Gasteiger partial charge in [0.15, 0.2) is 11.7 Å². The van der Waals surface area contributed by atoms with Gasteiger partial charge >= 0.3 is 0 Å². The summed E-state index contributed by atoms with van der Waals surface area (Å²) in [7, 11) is -1.36. The number of guanidine groups is 1. The van der Waals surface area contributed by atoms with Gasteiger partial charge in [0, 0.05) is 52.9 Å². The van der Waals surface area contributed by atoms with Crippen molar-refractivity contribution in [2.75, 3.05) is 58.6 Å². The summed E-state index contributed by atoms with van der Waals surface area (Å²) in [5.41, 5.74) is 0. The minimum Gasteiger partial charge on any atom is -0.459 e. The molecule has 1 amide bonds. The van der Waals surface area contributed by atoms with Crippen molar-refractivity contribution in [3.8, 4) is 0 Å². The van der Waals surface area contributed by atoms with Gasteiger partial charge in [-0.05, 0) is 18.6 Å². The number of rotatable bonds is 4. The molecule has 2 aliphatic rings. The standard InChI is InChI=1S/C16H25N5O4S/c1-17-16(18-5-7-21-6-3-13-26(21,23)24)20-10-8-19(9-11-20)15(22)14-4-2-12-25-14/h2,4,12H,3,5-11,13H2,1H3,(H,17,18). The van der Waals surface area contributed by atoms with Gasteiger partial charge in [0.1, 0.15) is 0 Å². The summed E-state index contributed by atoms with van der Waals surface area (Å²) in [6, 6.07) is 3.37. The molecule has 0 bridgehead atoms. The Balaban J connectivity index is 1.46. The molecule has 9 nitrogen and oxygen atoms in total. The van der Waals surface area contributed by atoms with Crippen LogP contribution in [0.15, 0.2) is 27.8 Å². The molecule has 3 rings (SSSR count). The second kappa shape index (κ2) is 8.09. The summed E-state index contributed by atoms with van der Waals surface area (Å²) in [5.74, 6) is 1.23. The number of aliphatic imine (C=N–C) groups is 1. The molecule has 2 saturated heterocycles. The topological polar surface area (TPSA) is 98.5 Å². The quantitative estimate of drug-likeness (QED) is 0.564. The van der Waals surface area contributed by atoms with Crippen LogP contribution < -0.4 is 5.32 Å². The maximum atomic E-state index is 12.3. The van der Waals surface area contributed by atoms with Crippen LogP contribution in [0.1, 0.15) is 17.0 Å². The number of sulfonamides is 1. The molecule has 2 fully saturated rings. The van der Waals surface area contributed by atoms with E-state index in [-0.39, 0.29) is 11.7 Å². The fourth-order valence-electron chi connectivity index (χ4n) is 3.24. The van der Waals surface area contributed by atoms with E-state index in [0.717, 1.165) is 5.96 Å². The molecule has 0 radical (unpaired) electrons. The summed E-state index contributed by atoms with van der Waals surface area (Å²) in [5, 5.41) is 3.22. The number of carbonyl (C=O) groups excluding carboxylic acids is 1. The van der Waals surface area contributed by atoms with Crippen LogP contribution >= 0.6 is 0 Å². The van der Waals surface area contributed by atoms with E-state index in [0.29, 0.717) is 58.0 Å². The van der Waals surface area contributed by atoms with Gasteiger partial charge in [-0.3, -0.25) is 9.79 Å². The summed E-state index contributed by atoms with van der Waals surface area (Å²) < 4.78 is 30.3. The van der Waals surface area contributed by atoms with Gasteiger partial charge < -0.3 is 19.5 Å². The normalized spacial score (nSPS) is 21.2. The van der Waals surface area contributed by atoms with Crippen LogP contribution in [0.4, 0.5) is 0 Å². The molecule has 0 spiro atoms. The van der Waals surface area contributed by atoms with Crippen molar-refractivity contribution >= 4 is 21.9 Å². The van der Waals surface area contributed by atoms with Gasteiger partial charge in [-0.25, -0.2) is 12.7 Å². The van der Waals surface area contributed by atoms with E-state index in [9.17, 15) is 13.2 Å². The van der Waals surface area contributed by atoms with Crippen LogP contribution in [-0.2, 0) is 10.0 Å². The molecule has 10 heteroatoms. The third kappa shape index (κ3) is 4.18. The lowest BCUT2D eigenvalue weighted by atomic mass is 10.3. The molecular weight excluding hydrogens is 358 g/mol. The lowest BCUT2D eigenvalue weighted by Gasteiger charge is -2.36. The Hall–Kier alpha value is -2.07. The van der Waals surface area contributed by atoms with Gasteiger partial charge in [0.2, 0.25) is 10.0 Å².